The second-order valence-electron chi connectivity index (χ2n) is 14.3. The summed E-state index contributed by atoms with van der Waals surface area (Å²) in [5, 5.41) is 4.30. The van der Waals surface area contributed by atoms with Crippen LogP contribution < -0.4 is 0 Å². The van der Waals surface area contributed by atoms with Gasteiger partial charge in [0.1, 0.15) is 11.2 Å². The minimum atomic E-state index is 0.650. The number of hydrogen-bond acceptors (Lipinski definition) is 5. The number of pyridine rings is 2. The quantitative estimate of drug-likeness (QED) is 0.160. The van der Waals surface area contributed by atoms with Gasteiger partial charge >= 0.3 is 0 Å². The van der Waals surface area contributed by atoms with Crippen molar-refractivity contribution in [3.8, 4) is 67.4 Å². The largest absolute Gasteiger partial charge is 0.456 e. The average molecular weight is 729 g/mol. The standard InChI is InChI=1S/C52H32N4O/c1-3-12-33(13-4-1)38-28-39(37-24-26-49-44(31-37)43-19-9-10-20-48(43)57-49)30-40(29-38)46-32-47(56-52(55-46)36-14-5-2-6-15-36)42-18-8-7-17-41(42)45-25-23-35-22-21-34-16-11-27-53-50(34)51(35)54-45/h1-32H. The molecule has 5 nitrogen and oxygen atoms in total. The summed E-state index contributed by atoms with van der Waals surface area (Å²) in [5.41, 5.74) is 14.3. The van der Waals surface area contributed by atoms with Crippen molar-refractivity contribution in [2.75, 3.05) is 0 Å². The lowest BCUT2D eigenvalue weighted by molar-refractivity contribution is 0.669. The van der Waals surface area contributed by atoms with Crippen molar-refractivity contribution in [2.24, 2.45) is 0 Å². The Balaban J connectivity index is 1.12. The van der Waals surface area contributed by atoms with Gasteiger partial charge in [0.15, 0.2) is 5.82 Å². The van der Waals surface area contributed by atoms with E-state index in [4.69, 9.17) is 24.4 Å². The molecule has 266 valence electrons. The van der Waals surface area contributed by atoms with Crippen molar-refractivity contribution in [3.63, 3.8) is 0 Å². The van der Waals surface area contributed by atoms with Crippen LogP contribution in [0.1, 0.15) is 0 Å². The minimum Gasteiger partial charge on any atom is -0.456 e. The number of benzene rings is 7. The number of fused-ring (bicyclic) bond motifs is 6. The molecule has 0 aliphatic rings. The van der Waals surface area contributed by atoms with Gasteiger partial charge in [-0.15, -0.1) is 0 Å². The third-order valence-corrected chi connectivity index (χ3v) is 10.7. The van der Waals surface area contributed by atoms with Crippen molar-refractivity contribution < 1.29 is 4.42 Å². The number of hydrogen-bond donors (Lipinski definition) is 0. The summed E-state index contributed by atoms with van der Waals surface area (Å²) < 4.78 is 6.20. The normalized spacial score (nSPS) is 11.5. The molecule has 0 radical (unpaired) electrons. The molecule has 57 heavy (non-hydrogen) atoms. The van der Waals surface area contributed by atoms with E-state index in [1.807, 2.05) is 42.6 Å². The zero-order valence-corrected chi connectivity index (χ0v) is 30.7. The van der Waals surface area contributed by atoms with E-state index in [1.54, 1.807) is 0 Å². The third-order valence-electron chi connectivity index (χ3n) is 10.7. The first-order valence-electron chi connectivity index (χ1n) is 19.0. The van der Waals surface area contributed by atoms with E-state index in [9.17, 15) is 0 Å². The summed E-state index contributed by atoms with van der Waals surface area (Å²) in [5.74, 6) is 0.650. The predicted octanol–water partition coefficient (Wildman–Crippen LogP) is 13.5. The Morgan fingerprint density at radius 1 is 0.333 bits per heavy atom. The highest BCUT2D eigenvalue weighted by Gasteiger charge is 2.18. The van der Waals surface area contributed by atoms with Crippen LogP contribution in [0.3, 0.4) is 0 Å². The lowest BCUT2D eigenvalue weighted by Gasteiger charge is -2.15. The van der Waals surface area contributed by atoms with Crippen molar-refractivity contribution in [1.82, 2.24) is 19.9 Å². The fourth-order valence-corrected chi connectivity index (χ4v) is 7.90. The summed E-state index contributed by atoms with van der Waals surface area (Å²) in [6.07, 6.45) is 1.83. The monoisotopic (exact) mass is 728 g/mol. The molecular formula is C52H32N4O. The van der Waals surface area contributed by atoms with E-state index >= 15 is 0 Å². The van der Waals surface area contributed by atoms with Gasteiger partial charge in [-0.2, -0.15) is 0 Å². The smallest absolute Gasteiger partial charge is 0.160 e. The van der Waals surface area contributed by atoms with Crippen molar-refractivity contribution >= 4 is 43.7 Å². The maximum Gasteiger partial charge on any atom is 0.160 e. The molecule has 0 aliphatic carbocycles. The van der Waals surface area contributed by atoms with Crippen molar-refractivity contribution in [1.29, 1.82) is 0 Å². The first-order chi connectivity index (χ1) is 28.2. The van der Waals surface area contributed by atoms with Crippen LogP contribution in [0.15, 0.2) is 199 Å². The van der Waals surface area contributed by atoms with Gasteiger partial charge < -0.3 is 4.42 Å². The molecule has 0 atom stereocenters. The first kappa shape index (κ1) is 32.7. The molecule has 5 heteroatoms. The minimum absolute atomic E-state index is 0.650. The average Bonchev–Trinajstić information content (AvgIpc) is 3.67. The molecule has 11 aromatic rings. The van der Waals surface area contributed by atoms with Gasteiger partial charge in [-0.05, 0) is 76.9 Å². The van der Waals surface area contributed by atoms with Crippen LogP contribution in [-0.4, -0.2) is 19.9 Å². The van der Waals surface area contributed by atoms with Crippen LogP contribution in [0.5, 0.6) is 0 Å². The molecule has 0 bridgehead atoms. The summed E-state index contributed by atoms with van der Waals surface area (Å²) in [7, 11) is 0. The van der Waals surface area contributed by atoms with E-state index in [2.05, 4.69) is 152 Å². The third kappa shape index (κ3) is 5.90. The second-order valence-corrected chi connectivity index (χ2v) is 14.3. The van der Waals surface area contributed by atoms with E-state index in [0.717, 1.165) is 105 Å². The van der Waals surface area contributed by atoms with Gasteiger partial charge in [0.2, 0.25) is 0 Å². The lowest BCUT2D eigenvalue weighted by Crippen LogP contribution is -1.98. The predicted molar refractivity (Wildman–Crippen MR) is 233 cm³/mol. The molecule has 4 heterocycles. The molecule has 11 rings (SSSR count). The molecule has 0 saturated carbocycles. The highest BCUT2D eigenvalue weighted by Crippen LogP contribution is 2.39. The Kier molecular flexibility index (Phi) is 7.74. The van der Waals surface area contributed by atoms with Crippen LogP contribution in [0.25, 0.3) is 111 Å². The molecular weight excluding hydrogens is 697 g/mol. The van der Waals surface area contributed by atoms with E-state index < -0.39 is 0 Å². The SMILES string of the molecule is c1ccc(-c2cc(-c3ccc4oc5ccccc5c4c3)cc(-c3cc(-c4ccccc4-c4ccc5ccc6cccnc6c5n4)nc(-c4ccccc4)n3)c2)cc1. The summed E-state index contributed by atoms with van der Waals surface area (Å²) in [6.45, 7) is 0. The number of furan rings is 1. The summed E-state index contributed by atoms with van der Waals surface area (Å²) in [6, 6.07) is 65.1. The fourth-order valence-electron chi connectivity index (χ4n) is 7.90. The molecule has 0 aliphatic heterocycles. The Bertz CT molecular complexity index is 3300. The number of aromatic nitrogens is 4. The Morgan fingerprint density at radius 3 is 1.79 bits per heavy atom. The van der Waals surface area contributed by atoms with Gasteiger partial charge in [0.05, 0.1) is 28.1 Å². The summed E-state index contributed by atoms with van der Waals surface area (Å²) >= 11 is 0. The zero-order valence-electron chi connectivity index (χ0n) is 30.7. The summed E-state index contributed by atoms with van der Waals surface area (Å²) in [4.78, 5) is 20.5. The van der Waals surface area contributed by atoms with Crippen molar-refractivity contribution in [2.45, 2.75) is 0 Å². The fraction of sp³-hybridized carbons (Fsp3) is 0. The Labute approximate surface area is 328 Å². The number of rotatable bonds is 6. The molecule has 0 N–H and O–H groups in total. The van der Waals surface area contributed by atoms with Gasteiger partial charge in [-0.25, -0.2) is 15.0 Å². The van der Waals surface area contributed by atoms with Crippen LogP contribution in [0.2, 0.25) is 0 Å². The Hall–Kier alpha value is -7.76. The number of nitrogens with zero attached hydrogens (tertiary/aromatic N) is 4. The maximum atomic E-state index is 6.20. The molecule has 4 aromatic heterocycles. The van der Waals surface area contributed by atoms with E-state index in [-0.39, 0.29) is 0 Å². The van der Waals surface area contributed by atoms with Crippen LogP contribution in [-0.2, 0) is 0 Å². The first-order valence-corrected chi connectivity index (χ1v) is 19.0. The van der Waals surface area contributed by atoms with Gasteiger partial charge in [0, 0.05) is 50.0 Å². The second kappa shape index (κ2) is 13.5. The molecule has 0 unspecified atom stereocenters. The maximum absolute atomic E-state index is 6.20. The van der Waals surface area contributed by atoms with Crippen LogP contribution >= 0.6 is 0 Å². The van der Waals surface area contributed by atoms with Gasteiger partial charge in [-0.1, -0.05) is 133 Å². The lowest BCUT2D eigenvalue weighted by atomic mass is 9.93. The van der Waals surface area contributed by atoms with E-state index in [1.165, 1.54) is 0 Å². The molecule has 0 amide bonds. The molecule has 0 saturated heterocycles. The van der Waals surface area contributed by atoms with Gasteiger partial charge in [-0.3, -0.25) is 4.98 Å². The molecule has 7 aromatic carbocycles. The zero-order chi connectivity index (χ0) is 37.7. The number of para-hydroxylation sites is 1. The molecule has 0 spiro atoms. The van der Waals surface area contributed by atoms with Crippen LogP contribution in [0, 0.1) is 0 Å². The van der Waals surface area contributed by atoms with E-state index in [0.29, 0.717) is 5.82 Å². The Morgan fingerprint density at radius 2 is 0.965 bits per heavy atom. The van der Waals surface area contributed by atoms with Crippen LogP contribution in [0.4, 0.5) is 0 Å². The highest BCUT2D eigenvalue weighted by atomic mass is 16.3. The van der Waals surface area contributed by atoms with Crippen molar-refractivity contribution in [3.05, 3.63) is 194 Å². The topological polar surface area (TPSA) is 64.7 Å². The van der Waals surface area contributed by atoms with Gasteiger partial charge in [0.25, 0.3) is 0 Å². The molecule has 0 fully saturated rings. The highest BCUT2D eigenvalue weighted by molar-refractivity contribution is 6.06.